The largest absolute Gasteiger partial charge is 0.508 e. The smallest absolute Gasteiger partial charge is 0.115 e. The summed E-state index contributed by atoms with van der Waals surface area (Å²) in [5.41, 5.74) is 6.50. The molecule has 6 nitrogen and oxygen atoms in total. The SMILES string of the molecule is C.C.C.CC1CCC(O)C1.CC1CCCN1.CCc1c[nH]c2ccccc12.CCc1ccc(O)cc1.CCc1ccccc1.CCc1cnc[nH]1. The Labute approximate surface area is 312 Å². The van der Waals surface area contributed by atoms with Crippen LogP contribution in [0, 0.1) is 5.92 Å². The quantitative estimate of drug-likeness (QED) is 0.129. The van der Waals surface area contributed by atoms with Crippen LogP contribution in [0.15, 0.2) is 97.6 Å². The van der Waals surface area contributed by atoms with Crippen LogP contribution in [0.2, 0.25) is 0 Å². The minimum absolute atomic E-state index is 0. The summed E-state index contributed by atoms with van der Waals surface area (Å²) in [5.74, 6) is 1.11. The van der Waals surface area contributed by atoms with E-state index in [9.17, 15) is 0 Å². The van der Waals surface area contributed by atoms with Gasteiger partial charge in [0.2, 0.25) is 0 Å². The lowest BCUT2D eigenvalue weighted by molar-refractivity contribution is 0.179. The van der Waals surface area contributed by atoms with Crippen molar-refractivity contribution in [2.45, 2.75) is 134 Å². The molecule has 1 aliphatic carbocycles. The molecule has 3 unspecified atom stereocenters. The van der Waals surface area contributed by atoms with Crippen LogP contribution in [0.3, 0.4) is 0 Å². The molecule has 1 saturated heterocycles. The molecule has 286 valence electrons. The molecule has 1 saturated carbocycles. The number of hydrogen-bond donors (Lipinski definition) is 5. The number of aromatic hydroxyl groups is 1. The Morgan fingerprint density at radius 1 is 0.706 bits per heavy atom. The molecule has 5 aromatic rings. The van der Waals surface area contributed by atoms with Crippen LogP contribution in [-0.4, -0.2) is 43.9 Å². The standard InChI is InChI=1S/C10H11N.C8H10O.C8H10.C6H12O.C5H8N2.C5H11N.3CH4/c1-2-8-7-11-10-6-4-3-5-9(8)10;1-2-7-3-5-8(9)6-4-7;1-2-8-6-4-3-5-7-8;1-5-2-3-6(7)4-5;1-2-5-3-6-4-7-5;1-5-3-2-4-6-5;;;/h3-7,11H,2H2,1H3;3-6,9H,2H2,1H3;3-7H,2H2,1H3;5-7H,2-4H2,1H3;3-4H,2H2,1H3,(H,6,7);5-6H,2-4H2,1H3;3*1H4. The summed E-state index contributed by atoms with van der Waals surface area (Å²) in [5, 5.41) is 22.4. The van der Waals surface area contributed by atoms with Gasteiger partial charge in [0.25, 0.3) is 0 Å². The maximum absolute atomic E-state index is 8.90. The maximum atomic E-state index is 8.90. The minimum atomic E-state index is 0. The van der Waals surface area contributed by atoms with Crippen molar-refractivity contribution in [2.24, 2.45) is 5.92 Å². The normalized spacial score (nSPS) is 16.5. The van der Waals surface area contributed by atoms with Crippen molar-refractivity contribution in [2.75, 3.05) is 6.54 Å². The molecule has 0 spiro atoms. The van der Waals surface area contributed by atoms with Gasteiger partial charge in [-0.15, -0.1) is 0 Å². The van der Waals surface area contributed by atoms with Crippen LogP contribution in [-0.2, 0) is 25.7 Å². The summed E-state index contributed by atoms with van der Waals surface area (Å²) in [4.78, 5) is 10.1. The van der Waals surface area contributed by atoms with Gasteiger partial charge in [-0.1, -0.05) is 118 Å². The number of H-pyrrole nitrogens is 2. The van der Waals surface area contributed by atoms with Crippen molar-refractivity contribution >= 4 is 10.9 Å². The number of benzene rings is 3. The van der Waals surface area contributed by atoms with E-state index in [2.05, 4.69) is 117 Å². The van der Waals surface area contributed by atoms with E-state index in [1.165, 1.54) is 59.1 Å². The van der Waals surface area contributed by atoms with Crippen LogP contribution in [0.1, 0.15) is 118 Å². The summed E-state index contributed by atoms with van der Waals surface area (Å²) in [6, 6.07) is 26.9. The number of aliphatic hydroxyl groups is 1. The van der Waals surface area contributed by atoms with Gasteiger partial charge in [0.1, 0.15) is 5.75 Å². The molecule has 0 amide bonds. The van der Waals surface area contributed by atoms with Crippen LogP contribution in [0.5, 0.6) is 5.75 Å². The van der Waals surface area contributed by atoms with Crippen molar-refractivity contribution < 1.29 is 10.2 Å². The highest BCUT2D eigenvalue weighted by Gasteiger charge is 2.17. The molecule has 5 N–H and O–H groups in total. The third-order valence-corrected chi connectivity index (χ3v) is 8.56. The summed E-state index contributed by atoms with van der Waals surface area (Å²) >= 11 is 0. The Hall–Kier alpha value is -3.87. The first-order valence-corrected chi connectivity index (χ1v) is 18.0. The number of para-hydroxylation sites is 1. The number of aromatic nitrogens is 3. The molecule has 1 aliphatic heterocycles. The van der Waals surface area contributed by atoms with E-state index in [0.717, 1.165) is 50.5 Å². The number of imidazole rings is 1. The molecule has 0 radical (unpaired) electrons. The first kappa shape index (κ1) is 49.2. The monoisotopic (exact) mass is 703 g/mol. The van der Waals surface area contributed by atoms with Gasteiger partial charge in [0.15, 0.2) is 0 Å². The summed E-state index contributed by atoms with van der Waals surface area (Å²) in [6.45, 7) is 14.2. The Bertz CT molecular complexity index is 1430. The first-order chi connectivity index (χ1) is 23.3. The molecular formula is C45H74N4O2. The number of phenolic OH excluding ortho intramolecular Hbond substituents is 1. The van der Waals surface area contributed by atoms with E-state index < -0.39 is 0 Å². The van der Waals surface area contributed by atoms with Gasteiger partial charge < -0.3 is 25.5 Å². The second kappa shape index (κ2) is 29.8. The highest BCUT2D eigenvalue weighted by molar-refractivity contribution is 5.82. The number of nitrogens with one attached hydrogen (secondary N) is 3. The number of aryl methyl sites for hydroxylation is 4. The molecule has 2 aromatic heterocycles. The van der Waals surface area contributed by atoms with Crippen molar-refractivity contribution in [3.05, 3.63) is 120 Å². The lowest BCUT2D eigenvalue weighted by atomic mass is 10.1. The molecule has 0 bridgehead atoms. The number of fused-ring (bicyclic) bond motifs is 1. The fourth-order valence-electron chi connectivity index (χ4n) is 5.38. The number of rotatable bonds is 4. The summed E-state index contributed by atoms with van der Waals surface area (Å²) in [7, 11) is 0. The summed E-state index contributed by atoms with van der Waals surface area (Å²) in [6.07, 6.45) is 16.0. The van der Waals surface area contributed by atoms with Crippen molar-refractivity contribution in [3.8, 4) is 5.75 Å². The zero-order valence-electron chi connectivity index (χ0n) is 30.4. The van der Waals surface area contributed by atoms with Gasteiger partial charge in [0, 0.05) is 35.0 Å². The third kappa shape index (κ3) is 21.2. The van der Waals surface area contributed by atoms with Gasteiger partial charge in [-0.3, -0.25) is 0 Å². The van der Waals surface area contributed by atoms with E-state index in [-0.39, 0.29) is 28.4 Å². The van der Waals surface area contributed by atoms with Gasteiger partial charge in [-0.2, -0.15) is 0 Å². The van der Waals surface area contributed by atoms with Crippen molar-refractivity contribution in [3.63, 3.8) is 0 Å². The van der Waals surface area contributed by atoms with E-state index >= 15 is 0 Å². The Morgan fingerprint density at radius 3 is 1.73 bits per heavy atom. The highest BCUT2D eigenvalue weighted by Crippen LogP contribution is 2.23. The zero-order chi connectivity index (χ0) is 35.0. The summed E-state index contributed by atoms with van der Waals surface area (Å²) < 4.78 is 0. The number of phenols is 1. The molecule has 51 heavy (non-hydrogen) atoms. The van der Waals surface area contributed by atoms with Gasteiger partial charge in [-0.25, -0.2) is 4.98 Å². The van der Waals surface area contributed by atoms with E-state index in [4.69, 9.17) is 10.2 Å². The number of hydrogen-bond acceptors (Lipinski definition) is 4. The molecule has 6 heteroatoms. The lowest BCUT2D eigenvalue weighted by Crippen LogP contribution is -2.16. The second-order valence-corrected chi connectivity index (χ2v) is 12.6. The molecule has 3 atom stereocenters. The number of aliphatic hydroxyl groups excluding tert-OH is 1. The molecule has 3 aromatic carbocycles. The van der Waals surface area contributed by atoms with E-state index in [1.807, 2.05) is 24.4 Å². The average Bonchev–Trinajstić information content (AvgIpc) is 3.96. The molecule has 2 fully saturated rings. The van der Waals surface area contributed by atoms with Crippen molar-refractivity contribution in [1.29, 1.82) is 0 Å². The number of nitrogens with zero attached hydrogens (tertiary/aromatic N) is 1. The lowest BCUT2D eigenvalue weighted by Gasteiger charge is -1.95. The predicted octanol–water partition coefficient (Wildman–Crippen LogP) is 11.7. The Kier molecular flexibility index (Phi) is 28.8. The molecule has 2 aliphatic rings. The predicted molar refractivity (Wildman–Crippen MR) is 225 cm³/mol. The maximum Gasteiger partial charge on any atom is 0.115 e. The van der Waals surface area contributed by atoms with E-state index in [0.29, 0.717) is 5.75 Å². The van der Waals surface area contributed by atoms with Gasteiger partial charge in [-0.05, 0) is 112 Å². The zero-order valence-corrected chi connectivity index (χ0v) is 30.4. The fraction of sp³-hybridized carbons (Fsp3) is 0.489. The van der Waals surface area contributed by atoms with Crippen LogP contribution >= 0.6 is 0 Å². The van der Waals surface area contributed by atoms with Gasteiger partial charge >= 0.3 is 0 Å². The second-order valence-electron chi connectivity index (χ2n) is 12.6. The van der Waals surface area contributed by atoms with Gasteiger partial charge in [0.05, 0.1) is 12.4 Å². The molecular weight excluding hydrogens is 629 g/mol. The van der Waals surface area contributed by atoms with Crippen LogP contribution < -0.4 is 5.32 Å². The topological polar surface area (TPSA) is 97.0 Å². The number of aromatic amines is 2. The first-order valence-electron chi connectivity index (χ1n) is 18.0. The molecule has 3 heterocycles. The minimum Gasteiger partial charge on any atom is -0.508 e. The van der Waals surface area contributed by atoms with Crippen LogP contribution in [0.4, 0.5) is 0 Å². The van der Waals surface area contributed by atoms with Crippen molar-refractivity contribution in [1.82, 2.24) is 20.3 Å². The average molecular weight is 703 g/mol. The highest BCUT2D eigenvalue weighted by atomic mass is 16.3. The Morgan fingerprint density at radius 2 is 1.33 bits per heavy atom. The molecule has 7 rings (SSSR count). The van der Waals surface area contributed by atoms with Crippen LogP contribution in [0.25, 0.3) is 10.9 Å². The Balaban J connectivity index is 0. The fourth-order valence-corrected chi connectivity index (χ4v) is 5.38. The third-order valence-electron chi connectivity index (χ3n) is 8.56. The van der Waals surface area contributed by atoms with E-state index in [1.54, 1.807) is 18.5 Å².